The molecule has 0 bridgehead atoms. The minimum atomic E-state index is 0. The van der Waals surface area contributed by atoms with Crippen molar-refractivity contribution in [2.45, 2.75) is 0 Å². The Morgan fingerprint density at radius 2 is 0.0938 bits per heavy atom. The van der Waals surface area contributed by atoms with Crippen LogP contribution in [0.1, 0.15) is 0 Å². The summed E-state index contributed by atoms with van der Waals surface area (Å²) in [5, 5.41) is 0. The van der Waals surface area contributed by atoms with Gasteiger partial charge >= 0.3 is 250 Å². The Morgan fingerprint density at radius 1 is 0.0938 bits per heavy atom. The molecule has 0 amide bonds. The Balaban J connectivity index is 0. The second-order valence-electron chi connectivity index (χ2n) is 0. The van der Waals surface area contributed by atoms with E-state index in [2.05, 4.69) is 0 Å². The second kappa shape index (κ2) is 1070. The third-order valence-corrected chi connectivity index (χ3v) is 0. The van der Waals surface area contributed by atoms with Crippen molar-refractivity contribution >= 4 is 45.5 Å². The number of hydrogen-bond acceptors (Lipinski definition) is 0. The summed E-state index contributed by atoms with van der Waals surface area (Å²) in [5.74, 6) is 0. The quantitative estimate of drug-likeness (QED) is 0.224. The zero-order valence-corrected chi connectivity index (χ0v) is 29.4. The first-order valence-corrected chi connectivity index (χ1v) is 0. The monoisotopic (exact) mass is 1060 g/mol. The van der Waals surface area contributed by atoms with E-state index in [-0.39, 0.29) is 354 Å². The summed E-state index contributed by atoms with van der Waals surface area (Å²) in [6.45, 7) is 0. The summed E-state index contributed by atoms with van der Waals surface area (Å²) < 4.78 is 0. The fourth-order valence-electron chi connectivity index (χ4n) is 0. The van der Waals surface area contributed by atoms with Crippen molar-refractivity contribution in [1.82, 2.24) is 0 Å². The molecule has 212 valence electrons. The van der Waals surface area contributed by atoms with Crippen molar-refractivity contribution in [3.8, 4) is 0 Å². The second-order valence-corrected chi connectivity index (χ2v) is 0. The van der Waals surface area contributed by atoms with E-state index in [9.17, 15) is 0 Å². The van der Waals surface area contributed by atoms with E-state index in [0.717, 1.165) is 0 Å². The molecule has 0 N–H and O–H groups in total. The fourth-order valence-corrected chi connectivity index (χ4v) is 0. The van der Waals surface area contributed by atoms with Crippen LogP contribution < -0.4 is 0 Å². The molecule has 0 fully saturated rings. The molecule has 0 aliphatic carbocycles. The van der Waals surface area contributed by atoms with E-state index in [1.165, 1.54) is 0 Å². The molecular formula is Fe12O19Sr. The van der Waals surface area contributed by atoms with Gasteiger partial charge in [0.2, 0.25) is 0 Å². The van der Waals surface area contributed by atoms with Crippen molar-refractivity contribution < 1.29 is 309 Å². The summed E-state index contributed by atoms with van der Waals surface area (Å²) in [5.41, 5.74) is 0. The number of hydrogen-bond donors (Lipinski definition) is 0. The van der Waals surface area contributed by atoms with Crippen LogP contribution in [-0.4, -0.2) is 45.5 Å². The van der Waals surface area contributed by atoms with Crippen LogP contribution in [0, 0.1) is 0 Å². The Hall–Kier alpha value is 6.95. The van der Waals surface area contributed by atoms with Gasteiger partial charge in [-0.15, -0.1) is 0 Å². The predicted molar refractivity (Wildman–Crippen MR) is 18.8 cm³/mol. The van der Waals surface area contributed by atoms with Gasteiger partial charge in [0.25, 0.3) is 0 Å². The molecule has 0 heterocycles. The van der Waals surface area contributed by atoms with Crippen LogP contribution in [0.3, 0.4) is 0 Å². The van der Waals surface area contributed by atoms with Gasteiger partial charge in [0.1, 0.15) is 0 Å². The largest absolute Gasteiger partial charge is 3.00 e. The van der Waals surface area contributed by atoms with Crippen LogP contribution in [0.4, 0.5) is 0 Å². The molecule has 0 unspecified atom stereocenters. The van der Waals surface area contributed by atoms with Crippen LogP contribution >= 0.6 is 0 Å². The molecule has 0 saturated carbocycles. The maximum Gasteiger partial charge on any atom is 3.00 e. The third kappa shape index (κ3) is 988. The van der Waals surface area contributed by atoms with Gasteiger partial charge in [-0.3, -0.25) is 0 Å². The Bertz CT molecular complexity index is 36.3. The first-order chi connectivity index (χ1) is 0. The summed E-state index contributed by atoms with van der Waals surface area (Å²) in [6.07, 6.45) is 0. The van der Waals surface area contributed by atoms with Gasteiger partial charge in [-0.25, -0.2) is 0 Å². The maximum atomic E-state index is 0. The van der Waals surface area contributed by atoms with Crippen molar-refractivity contribution in [2.24, 2.45) is 0 Å². The SMILES string of the molecule is [Fe+3].[Fe+3].[Fe+3].[Fe+3].[Fe+3].[Fe+3].[Fe+3].[Fe+3].[Fe+3].[Fe+3].[Fe+3].[Fe+3].[O-2].[O-2].[O-2].[O-2].[O-2].[O-2].[O-2].[O-2].[O-2].[O-2].[O-2].[O-2].[O-2].[O-2].[O-2].[O-2].[O-2].[O-2].[O-2].[Sr+2]. The molecule has 0 aromatic carbocycles. The van der Waals surface area contributed by atoms with Crippen LogP contribution in [0.2, 0.25) is 0 Å². The maximum absolute atomic E-state index is 0. The average molecular weight is 1060 g/mol. The standard InChI is InChI=1S/12Fe.19O.Sr/q12*+3;19*-2;+2. The van der Waals surface area contributed by atoms with Crippen molar-refractivity contribution in [1.29, 1.82) is 0 Å². The summed E-state index contributed by atoms with van der Waals surface area (Å²) >= 11 is 0. The van der Waals surface area contributed by atoms with Gasteiger partial charge in [-0.05, 0) is 0 Å². The van der Waals surface area contributed by atoms with E-state index < -0.39 is 0 Å². The topological polar surface area (TPSA) is 542 Å². The smallest absolute Gasteiger partial charge is 2.00 e. The first-order valence-electron chi connectivity index (χ1n) is 0. The molecule has 0 aromatic rings. The minimum Gasteiger partial charge on any atom is -2.00 e. The fraction of sp³-hybridized carbons (Fsp3) is 0. The Kier molecular flexibility index (Phi) is 38900. The van der Waals surface area contributed by atoms with Crippen LogP contribution in [-0.2, 0) is 309 Å². The van der Waals surface area contributed by atoms with E-state index in [0.29, 0.717) is 0 Å². The average Bonchev–Trinajstić information content (AvgIpc) is 0. The molecule has 0 aromatic heterocycles. The van der Waals surface area contributed by atoms with E-state index in [4.69, 9.17) is 0 Å². The van der Waals surface area contributed by atoms with E-state index >= 15 is 0 Å². The molecule has 0 saturated heterocycles. The van der Waals surface area contributed by atoms with Crippen LogP contribution in [0.25, 0.3) is 0 Å². The molecular weight excluding hydrogens is 1060 g/mol. The van der Waals surface area contributed by atoms with Gasteiger partial charge in [-0.2, -0.15) is 0 Å². The predicted octanol–water partition coefficient (Wildman–Crippen LogP) is -2.67. The molecule has 0 spiro atoms. The Labute approximate surface area is 348 Å². The normalized spacial score (nSPS) is 0. The van der Waals surface area contributed by atoms with Crippen LogP contribution in [0.15, 0.2) is 0 Å². The van der Waals surface area contributed by atoms with Gasteiger partial charge in [0, 0.05) is 0 Å². The van der Waals surface area contributed by atoms with Crippen molar-refractivity contribution in [2.75, 3.05) is 0 Å². The molecule has 32 heavy (non-hydrogen) atoms. The Morgan fingerprint density at radius 3 is 0.0938 bits per heavy atom. The zero-order valence-electron chi connectivity index (χ0n) is 12.7. The third-order valence-electron chi connectivity index (χ3n) is 0. The zero-order chi connectivity index (χ0) is 0. The van der Waals surface area contributed by atoms with Crippen molar-refractivity contribution in [3.05, 3.63) is 0 Å². The molecule has 0 atom stereocenters. The molecule has 12 radical (unpaired) electrons. The molecule has 0 aliphatic rings. The van der Waals surface area contributed by atoms with Crippen LogP contribution in [0.5, 0.6) is 0 Å². The summed E-state index contributed by atoms with van der Waals surface area (Å²) in [4.78, 5) is 0. The van der Waals surface area contributed by atoms with E-state index in [1.54, 1.807) is 0 Å². The molecule has 0 aliphatic heterocycles. The number of rotatable bonds is 0. The summed E-state index contributed by atoms with van der Waals surface area (Å²) in [6, 6.07) is 0. The molecule has 32 heteroatoms. The van der Waals surface area contributed by atoms with Gasteiger partial charge in [0.05, 0.1) is 0 Å². The first kappa shape index (κ1) is 1160. The van der Waals surface area contributed by atoms with Gasteiger partial charge in [0.15, 0.2) is 0 Å². The van der Waals surface area contributed by atoms with Gasteiger partial charge in [-0.1, -0.05) is 0 Å². The van der Waals surface area contributed by atoms with E-state index in [1.807, 2.05) is 0 Å². The van der Waals surface area contributed by atoms with Crippen molar-refractivity contribution in [3.63, 3.8) is 0 Å². The van der Waals surface area contributed by atoms with Gasteiger partial charge < -0.3 is 104 Å². The molecule has 0 rings (SSSR count). The molecule has 19 nitrogen and oxygen atoms in total. The minimum absolute atomic E-state index is 0. The summed E-state index contributed by atoms with van der Waals surface area (Å²) in [7, 11) is 0.